The van der Waals surface area contributed by atoms with Crippen LogP contribution in [0.25, 0.3) is 0 Å². The van der Waals surface area contributed by atoms with Crippen LogP contribution in [0.5, 0.6) is 5.75 Å². The quantitative estimate of drug-likeness (QED) is 0.271. The van der Waals surface area contributed by atoms with Gasteiger partial charge in [0.05, 0.1) is 0 Å². The molecule has 1 saturated carbocycles. The SMILES string of the molecule is Cc1ccc(Nc2nc(C3CCCCC3)nc(N3CCCCC3)n2)cc1O.Cl.N.N.N.N.[HH].[HH].[HH].[HH]. The summed E-state index contributed by atoms with van der Waals surface area (Å²) >= 11 is 0. The molecule has 0 bridgehead atoms. The predicted octanol–water partition coefficient (Wildman–Crippen LogP) is 6.72. The minimum Gasteiger partial charge on any atom is -0.508 e. The third-order valence-corrected chi connectivity index (χ3v) is 5.72. The lowest BCUT2D eigenvalue weighted by Gasteiger charge is -2.28. The number of aromatic hydroxyl groups is 1. The van der Waals surface area contributed by atoms with E-state index < -0.39 is 0 Å². The highest BCUT2D eigenvalue weighted by Crippen LogP contribution is 2.32. The van der Waals surface area contributed by atoms with Crippen LogP contribution in [0.2, 0.25) is 0 Å². The molecule has 0 radical (unpaired) electrons. The maximum atomic E-state index is 9.99. The van der Waals surface area contributed by atoms with E-state index >= 15 is 0 Å². The Morgan fingerprint density at radius 2 is 1.53 bits per heavy atom. The highest BCUT2D eigenvalue weighted by atomic mass is 35.5. The molecule has 2 aromatic rings. The van der Waals surface area contributed by atoms with E-state index in [0.717, 1.165) is 49.0 Å². The number of anilines is 3. The molecule has 1 aliphatic carbocycles. The topological polar surface area (TPSA) is 214 Å². The summed E-state index contributed by atoms with van der Waals surface area (Å²) in [5, 5.41) is 13.3. The Bertz CT molecular complexity index is 779. The Labute approximate surface area is 203 Å². The maximum absolute atomic E-state index is 9.99. The Morgan fingerprint density at radius 3 is 2.16 bits per heavy atom. The number of halogens is 1. The van der Waals surface area contributed by atoms with Crippen LogP contribution in [-0.4, -0.2) is 33.1 Å². The molecule has 1 aliphatic heterocycles. The normalized spacial score (nSPS) is 15.6. The largest absolute Gasteiger partial charge is 0.508 e. The van der Waals surface area contributed by atoms with Crippen LogP contribution in [0.3, 0.4) is 0 Å². The number of benzene rings is 1. The molecule has 10 nitrogen and oxygen atoms in total. The lowest BCUT2D eigenvalue weighted by molar-refractivity contribution is 0.427. The van der Waals surface area contributed by atoms with Crippen LogP contribution in [-0.2, 0) is 0 Å². The lowest BCUT2D eigenvalue weighted by Crippen LogP contribution is -2.31. The van der Waals surface area contributed by atoms with Crippen LogP contribution in [0, 0.1) is 6.92 Å². The number of hydrogen-bond acceptors (Lipinski definition) is 10. The smallest absolute Gasteiger partial charge is 0.232 e. The van der Waals surface area contributed by atoms with Crippen molar-refractivity contribution in [2.45, 2.75) is 64.2 Å². The number of phenols is 1. The molecular weight excluding hydrogens is 430 g/mol. The predicted molar refractivity (Wildman–Crippen MR) is 144 cm³/mol. The summed E-state index contributed by atoms with van der Waals surface area (Å²) in [5.74, 6) is 3.00. The van der Waals surface area contributed by atoms with Gasteiger partial charge in [-0.25, -0.2) is 0 Å². The maximum Gasteiger partial charge on any atom is 0.232 e. The van der Waals surface area contributed by atoms with Gasteiger partial charge in [0, 0.05) is 36.5 Å². The number of aryl methyl sites for hydroxylation is 1. The molecular formula is C21H50ClN9O. The van der Waals surface area contributed by atoms with Crippen molar-refractivity contribution in [1.82, 2.24) is 39.6 Å². The number of hydrogen-bond donors (Lipinski definition) is 6. The van der Waals surface area contributed by atoms with Gasteiger partial charge in [-0.3, -0.25) is 0 Å². The van der Waals surface area contributed by atoms with Crippen LogP contribution >= 0.6 is 12.4 Å². The average Bonchev–Trinajstić information content (AvgIpc) is 2.72. The summed E-state index contributed by atoms with van der Waals surface area (Å²) in [7, 11) is 0. The molecule has 192 valence electrons. The molecule has 0 amide bonds. The fraction of sp³-hybridized carbons (Fsp3) is 0.571. The number of aromatic nitrogens is 3. The van der Waals surface area contributed by atoms with Gasteiger partial charge in [-0.05, 0) is 50.7 Å². The minimum absolute atomic E-state index is 0. The van der Waals surface area contributed by atoms with E-state index in [4.69, 9.17) is 15.0 Å². The molecule has 2 aliphatic rings. The Hall–Kier alpha value is -2.24. The number of nitrogens with one attached hydrogen (secondary N) is 1. The molecule has 1 aromatic heterocycles. The summed E-state index contributed by atoms with van der Waals surface area (Å²) in [4.78, 5) is 16.6. The van der Waals surface area contributed by atoms with E-state index in [0.29, 0.717) is 11.9 Å². The van der Waals surface area contributed by atoms with E-state index in [1.54, 1.807) is 6.07 Å². The van der Waals surface area contributed by atoms with Crippen molar-refractivity contribution < 1.29 is 10.8 Å². The van der Waals surface area contributed by atoms with Crippen molar-refractivity contribution in [3.8, 4) is 5.75 Å². The van der Waals surface area contributed by atoms with E-state index in [2.05, 4.69) is 10.2 Å². The standard InChI is InChI=1S/C21H29N5O.ClH.4H3N.4H2/c1-15-10-11-17(14-18(15)27)22-20-23-19(16-8-4-2-5-9-16)24-21(25-20)26-12-6-3-7-13-26;;;;;;;;;/h10-11,14,16,27H,2-9,12-13H2,1H3,(H,22,23,24,25);1H;4*1H3;4*1H. The van der Waals surface area contributed by atoms with Crippen LogP contribution in [0.4, 0.5) is 17.6 Å². The van der Waals surface area contributed by atoms with E-state index in [1.165, 1.54) is 38.5 Å². The van der Waals surface area contributed by atoms with Crippen molar-refractivity contribution in [1.29, 1.82) is 0 Å². The summed E-state index contributed by atoms with van der Waals surface area (Å²) in [6.45, 7) is 3.91. The van der Waals surface area contributed by atoms with Gasteiger partial charge in [0.2, 0.25) is 11.9 Å². The van der Waals surface area contributed by atoms with E-state index in [1.807, 2.05) is 19.1 Å². The van der Waals surface area contributed by atoms with Gasteiger partial charge < -0.3 is 39.9 Å². The second kappa shape index (κ2) is 14.8. The zero-order valence-electron chi connectivity index (χ0n) is 19.4. The first-order chi connectivity index (χ1) is 13.2. The monoisotopic (exact) mass is 479 g/mol. The Morgan fingerprint density at radius 1 is 0.906 bits per heavy atom. The first-order valence-electron chi connectivity index (χ1n) is 10.3. The van der Waals surface area contributed by atoms with Gasteiger partial charge in [0.1, 0.15) is 11.6 Å². The zero-order chi connectivity index (χ0) is 18.6. The van der Waals surface area contributed by atoms with E-state index in [9.17, 15) is 5.11 Å². The fourth-order valence-electron chi connectivity index (χ4n) is 4.03. The average molecular weight is 480 g/mol. The molecule has 2 fully saturated rings. The van der Waals surface area contributed by atoms with Crippen molar-refractivity contribution in [3.63, 3.8) is 0 Å². The molecule has 0 unspecified atom stereocenters. The van der Waals surface area contributed by atoms with Gasteiger partial charge in [0.15, 0.2) is 0 Å². The third kappa shape index (κ3) is 7.72. The zero-order valence-corrected chi connectivity index (χ0v) is 20.2. The molecule has 0 spiro atoms. The molecule has 11 heteroatoms. The molecule has 4 rings (SSSR count). The summed E-state index contributed by atoms with van der Waals surface area (Å²) in [6, 6.07) is 5.56. The summed E-state index contributed by atoms with van der Waals surface area (Å²) < 4.78 is 0. The second-order valence-corrected chi connectivity index (χ2v) is 7.83. The third-order valence-electron chi connectivity index (χ3n) is 5.72. The Kier molecular flexibility index (Phi) is 14.7. The number of nitrogens with zero attached hydrogens (tertiary/aromatic N) is 4. The van der Waals surface area contributed by atoms with Gasteiger partial charge in [-0.2, -0.15) is 15.0 Å². The first-order valence-corrected chi connectivity index (χ1v) is 10.3. The van der Waals surface area contributed by atoms with Gasteiger partial charge in [0.25, 0.3) is 0 Å². The summed E-state index contributed by atoms with van der Waals surface area (Å²) in [5.41, 5.74) is 1.65. The molecule has 0 atom stereocenters. The van der Waals surface area contributed by atoms with Gasteiger partial charge >= 0.3 is 0 Å². The van der Waals surface area contributed by atoms with Gasteiger partial charge in [-0.15, -0.1) is 12.4 Å². The highest BCUT2D eigenvalue weighted by molar-refractivity contribution is 5.85. The van der Waals surface area contributed by atoms with Gasteiger partial charge in [-0.1, -0.05) is 25.3 Å². The van der Waals surface area contributed by atoms with E-state index in [-0.39, 0.29) is 48.5 Å². The molecule has 1 aromatic carbocycles. The minimum atomic E-state index is 0. The molecule has 2 heterocycles. The van der Waals surface area contributed by atoms with Crippen LogP contribution in [0.15, 0.2) is 18.2 Å². The second-order valence-electron chi connectivity index (χ2n) is 7.83. The van der Waals surface area contributed by atoms with Crippen molar-refractivity contribution >= 4 is 30.0 Å². The van der Waals surface area contributed by atoms with Crippen LogP contribution in [0.1, 0.15) is 74.4 Å². The van der Waals surface area contributed by atoms with Crippen molar-refractivity contribution in [2.75, 3.05) is 23.3 Å². The highest BCUT2D eigenvalue weighted by Gasteiger charge is 2.22. The van der Waals surface area contributed by atoms with Crippen molar-refractivity contribution in [3.05, 3.63) is 29.6 Å². The van der Waals surface area contributed by atoms with Crippen molar-refractivity contribution in [2.24, 2.45) is 0 Å². The lowest BCUT2D eigenvalue weighted by atomic mass is 9.89. The molecule has 32 heavy (non-hydrogen) atoms. The number of phenolic OH excluding ortho intramolecular Hbond substituents is 1. The fourth-order valence-corrected chi connectivity index (χ4v) is 4.03. The van der Waals surface area contributed by atoms with Crippen LogP contribution < -0.4 is 34.8 Å². The number of rotatable bonds is 4. The Balaban J connectivity index is -0.000000250. The molecule has 14 N–H and O–H groups in total. The first kappa shape index (κ1) is 31.9. The summed E-state index contributed by atoms with van der Waals surface area (Å²) in [6.07, 6.45) is 9.81. The molecule has 1 saturated heterocycles. The number of piperidine rings is 1.